The third-order valence-corrected chi connectivity index (χ3v) is 4.25. The number of hydrogen-bond acceptors (Lipinski definition) is 2. The van der Waals surface area contributed by atoms with Crippen LogP contribution < -0.4 is 5.32 Å². The van der Waals surface area contributed by atoms with Crippen LogP contribution in [-0.2, 0) is 4.79 Å². The summed E-state index contributed by atoms with van der Waals surface area (Å²) in [6, 6.07) is 21.5. The second-order valence-electron chi connectivity index (χ2n) is 5.74. The Bertz CT molecular complexity index is 866. The highest BCUT2D eigenvalue weighted by molar-refractivity contribution is 9.10. The third kappa shape index (κ3) is 4.70. The number of carbonyl (C=O) groups excluding carboxylic acids is 1. The van der Waals surface area contributed by atoms with Crippen LogP contribution in [0, 0.1) is 6.92 Å². The van der Waals surface area contributed by atoms with Gasteiger partial charge >= 0.3 is 0 Å². The molecule has 0 bridgehead atoms. The average molecular weight is 396 g/mol. The fraction of sp³-hybridized carbons (Fsp3) is 0.0952. The van der Waals surface area contributed by atoms with Crippen molar-refractivity contribution < 1.29 is 9.21 Å². The van der Waals surface area contributed by atoms with Crippen molar-refractivity contribution in [1.82, 2.24) is 5.32 Å². The van der Waals surface area contributed by atoms with Gasteiger partial charge in [-0.2, -0.15) is 0 Å². The number of hydrogen-bond donors (Lipinski definition) is 1. The van der Waals surface area contributed by atoms with Gasteiger partial charge in [0.1, 0.15) is 5.76 Å². The summed E-state index contributed by atoms with van der Waals surface area (Å²) in [6.07, 6.45) is 3.13. The highest BCUT2D eigenvalue weighted by Gasteiger charge is 2.15. The Morgan fingerprint density at radius 1 is 1.00 bits per heavy atom. The minimum absolute atomic E-state index is 0.179. The van der Waals surface area contributed by atoms with Crippen molar-refractivity contribution in [2.75, 3.05) is 0 Å². The number of aryl methyl sites for hydroxylation is 1. The first-order valence-corrected chi connectivity index (χ1v) is 8.76. The van der Waals surface area contributed by atoms with E-state index >= 15 is 0 Å². The molecular weight excluding hydrogens is 378 g/mol. The predicted octanol–water partition coefficient (Wildman–Crippen LogP) is 5.27. The summed E-state index contributed by atoms with van der Waals surface area (Å²) in [5.74, 6) is 0.440. The van der Waals surface area contributed by atoms with Gasteiger partial charge in [-0.05, 0) is 52.2 Å². The topological polar surface area (TPSA) is 42.2 Å². The van der Waals surface area contributed by atoms with E-state index in [1.165, 1.54) is 11.6 Å². The van der Waals surface area contributed by atoms with Crippen LogP contribution in [0.3, 0.4) is 0 Å². The molecule has 126 valence electrons. The number of rotatable bonds is 5. The van der Waals surface area contributed by atoms with Crippen LogP contribution in [-0.4, -0.2) is 5.91 Å². The highest BCUT2D eigenvalue weighted by Crippen LogP contribution is 2.22. The van der Waals surface area contributed by atoms with Crippen LogP contribution in [0.25, 0.3) is 6.08 Å². The summed E-state index contributed by atoms with van der Waals surface area (Å²) in [4.78, 5) is 12.4. The molecule has 25 heavy (non-hydrogen) atoms. The molecule has 1 amide bonds. The molecule has 0 saturated carbocycles. The van der Waals surface area contributed by atoms with E-state index in [4.69, 9.17) is 4.42 Å². The van der Waals surface area contributed by atoms with Gasteiger partial charge in [0.05, 0.1) is 6.04 Å². The van der Waals surface area contributed by atoms with E-state index in [0.29, 0.717) is 10.4 Å². The van der Waals surface area contributed by atoms with Gasteiger partial charge in [0.25, 0.3) is 0 Å². The van der Waals surface area contributed by atoms with E-state index in [9.17, 15) is 4.79 Å². The smallest absolute Gasteiger partial charge is 0.244 e. The molecule has 0 radical (unpaired) electrons. The van der Waals surface area contributed by atoms with Crippen LogP contribution in [0.5, 0.6) is 0 Å². The largest absolute Gasteiger partial charge is 0.450 e. The molecule has 0 saturated heterocycles. The molecule has 1 atom stereocenters. The number of amides is 1. The zero-order valence-corrected chi connectivity index (χ0v) is 15.4. The SMILES string of the molecule is Cc1ccc(C(NC(=O)/C=C/c2ccc(Br)o2)c2ccccc2)cc1. The van der Waals surface area contributed by atoms with Crippen LogP contribution in [0.15, 0.2) is 81.9 Å². The Hall–Kier alpha value is -2.59. The highest BCUT2D eigenvalue weighted by atomic mass is 79.9. The Kier molecular flexibility index (Phi) is 5.51. The molecular formula is C21H18BrNO2. The van der Waals surface area contributed by atoms with Crippen molar-refractivity contribution in [2.24, 2.45) is 0 Å². The molecule has 1 N–H and O–H groups in total. The summed E-state index contributed by atoms with van der Waals surface area (Å²) in [6.45, 7) is 2.05. The number of halogens is 1. The van der Waals surface area contributed by atoms with Gasteiger partial charge in [-0.1, -0.05) is 60.2 Å². The summed E-state index contributed by atoms with van der Waals surface area (Å²) < 4.78 is 6.00. The molecule has 0 fully saturated rings. The predicted molar refractivity (Wildman–Crippen MR) is 103 cm³/mol. The molecule has 3 rings (SSSR count). The Morgan fingerprint density at radius 3 is 2.32 bits per heavy atom. The first-order valence-electron chi connectivity index (χ1n) is 7.97. The summed E-state index contributed by atoms with van der Waals surface area (Å²) >= 11 is 3.25. The lowest BCUT2D eigenvalue weighted by Crippen LogP contribution is -2.27. The molecule has 3 aromatic rings. The van der Waals surface area contributed by atoms with Crippen LogP contribution in [0.1, 0.15) is 28.5 Å². The zero-order chi connectivity index (χ0) is 17.6. The van der Waals surface area contributed by atoms with E-state index < -0.39 is 0 Å². The van der Waals surface area contributed by atoms with Crippen molar-refractivity contribution in [3.05, 3.63) is 99.9 Å². The summed E-state index contributed by atoms with van der Waals surface area (Å²) in [5.41, 5.74) is 3.26. The van der Waals surface area contributed by atoms with Gasteiger partial charge in [-0.25, -0.2) is 0 Å². The van der Waals surface area contributed by atoms with Crippen molar-refractivity contribution >= 4 is 27.9 Å². The van der Waals surface area contributed by atoms with E-state index in [2.05, 4.69) is 21.2 Å². The van der Waals surface area contributed by atoms with E-state index in [-0.39, 0.29) is 11.9 Å². The molecule has 0 aliphatic heterocycles. The lowest BCUT2D eigenvalue weighted by atomic mass is 9.98. The van der Waals surface area contributed by atoms with Gasteiger partial charge in [-0.3, -0.25) is 4.79 Å². The summed E-state index contributed by atoms with van der Waals surface area (Å²) in [5, 5.41) is 3.07. The molecule has 1 unspecified atom stereocenters. The van der Waals surface area contributed by atoms with Gasteiger partial charge < -0.3 is 9.73 Å². The average Bonchev–Trinajstić information content (AvgIpc) is 3.05. The minimum Gasteiger partial charge on any atom is -0.450 e. The van der Waals surface area contributed by atoms with Crippen LogP contribution >= 0.6 is 15.9 Å². The first-order chi connectivity index (χ1) is 12.1. The number of benzene rings is 2. The van der Waals surface area contributed by atoms with E-state index in [0.717, 1.165) is 11.1 Å². The number of nitrogens with one attached hydrogen (secondary N) is 1. The molecule has 3 nitrogen and oxygen atoms in total. The molecule has 0 spiro atoms. The lowest BCUT2D eigenvalue weighted by molar-refractivity contribution is -0.116. The lowest BCUT2D eigenvalue weighted by Gasteiger charge is -2.19. The fourth-order valence-electron chi connectivity index (χ4n) is 2.53. The molecule has 1 heterocycles. The molecule has 0 aliphatic rings. The van der Waals surface area contributed by atoms with Crippen molar-refractivity contribution in [3.63, 3.8) is 0 Å². The second kappa shape index (κ2) is 7.99. The van der Waals surface area contributed by atoms with Gasteiger partial charge in [0.15, 0.2) is 4.67 Å². The molecule has 0 aliphatic carbocycles. The Morgan fingerprint density at radius 2 is 1.68 bits per heavy atom. The second-order valence-corrected chi connectivity index (χ2v) is 6.52. The monoisotopic (exact) mass is 395 g/mol. The molecule has 4 heteroatoms. The van der Waals surface area contributed by atoms with E-state index in [1.807, 2.05) is 61.5 Å². The van der Waals surface area contributed by atoms with Crippen molar-refractivity contribution in [3.8, 4) is 0 Å². The van der Waals surface area contributed by atoms with Gasteiger partial charge in [0.2, 0.25) is 5.91 Å². The maximum atomic E-state index is 12.4. The maximum Gasteiger partial charge on any atom is 0.244 e. The molecule has 2 aromatic carbocycles. The maximum absolute atomic E-state index is 12.4. The number of furan rings is 1. The number of carbonyl (C=O) groups is 1. The molecule has 1 aromatic heterocycles. The Labute approximate surface area is 155 Å². The van der Waals surface area contributed by atoms with Crippen molar-refractivity contribution in [1.29, 1.82) is 0 Å². The standard InChI is InChI=1S/C21H18BrNO2/c1-15-7-9-17(10-8-15)21(16-5-3-2-4-6-16)23-20(24)14-12-18-11-13-19(22)25-18/h2-14,21H,1H3,(H,23,24)/b14-12+. The van der Waals surface area contributed by atoms with Gasteiger partial charge in [-0.15, -0.1) is 0 Å². The van der Waals surface area contributed by atoms with Crippen molar-refractivity contribution in [2.45, 2.75) is 13.0 Å². The normalized spacial score (nSPS) is 12.2. The quantitative estimate of drug-likeness (QED) is 0.597. The fourth-order valence-corrected chi connectivity index (χ4v) is 2.85. The van der Waals surface area contributed by atoms with Crippen LogP contribution in [0.4, 0.5) is 0 Å². The summed E-state index contributed by atoms with van der Waals surface area (Å²) in [7, 11) is 0. The van der Waals surface area contributed by atoms with E-state index in [1.54, 1.807) is 18.2 Å². The Balaban J connectivity index is 1.81. The minimum atomic E-state index is -0.206. The first kappa shape index (κ1) is 17.2. The van der Waals surface area contributed by atoms with Gasteiger partial charge in [0, 0.05) is 6.08 Å². The zero-order valence-electron chi connectivity index (χ0n) is 13.8. The van der Waals surface area contributed by atoms with Crippen LogP contribution in [0.2, 0.25) is 0 Å². The third-order valence-electron chi connectivity index (χ3n) is 3.82.